The maximum Gasteiger partial charge on any atom is 0.0815 e. The molecule has 33 heavy (non-hydrogen) atoms. The summed E-state index contributed by atoms with van der Waals surface area (Å²) in [5.74, 6) is 0. The molecule has 0 saturated carbocycles. The Balaban J connectivity index is 1.27. The smallest absolute Gasteiger partial charge is 0.0815 e. The summed E-state index contributed by atoms with van der Waals surface area (Å²) in [6.45, 7) is 1.37. The highest BCUT2D eigenvalue weighted by molar-refractivity contribution is 6.30. The Morgan fingerprint density at radius 1 is 0.576 bits per heavy atom. The fourth-order valence-electron chi connectivity index (χ4n) is 3.18. The number of nitrogens with zero attached hydrogens (tertiary/aromatic N) is 4. The molecule has 4 aromatic rings. The second-order valence-electron chi connectivity index (χ2n) is 7.33. The third-order valence-electron chi connectivity index (χ3n) is 4.84. The van der Waals surface area contributed by atoms with Gasteiger partial charge in [-0.1, -0.05) is 59.6 Å². The lowest BCUT2D eigenvalue weighted by Crippen LogP contribution is -1.94. The lowest BCUT2D eigenvalue weighted by Gasteiger charge is -2.02. The summed E-state index contributed by atoms with van der Waals surface area (Å²) in [6, 6.07) is 27.1. The molecule has 0 aliphatic heterocycles. The summed E-state index contributed by atoms with van der Waals surface area (Å²) < 4.78 is 0. The van der Waals surface area contributed by atoms with Crippen LogP contribution in [0.15, 0.2) is 94.9 Å². The van der Waals surface area contributed by atoms with E-state index < -0.39 is 0 Å². The highest BCUT2D eigenvalue weighted by Gasteiger charge is 2.01. The number of halogens is 2. The molecule has 0 N–H and O–H groups in total. The lowest BCUT2D eigenvalue weighted by atomic mass is 10.1. The highest BCUT2D eigenvalue weighted by Crippen LogP contribution is 2.20. The standard InChI is InChI=1S/C27H22Cl2N4/c28-22-12-8-20(9-13-22)26-6-1-4-24(32-26)18-30-16-3-17-31-19-25-5-2-7-27(33-25)21-10-14-23(29)15-11-21/h1-2,4-15,18-19H,3,16-17H2. The van der Waals surface area contributed by atoms with Crippen LogP contribution in [-0.2, 0) is 0 Å². The minimum absolute atomic E-state index is 0.683. The molecule has 0 bridgehead atoms. The van der Waals surface area contributed by atoms with Crippen molar-refractivity contribution in [2.45, 2.75) is 6.42 Å². The molecule has 0 unspecified atom stereocenters. The van der Waals surface area contributed by atoms with Crippen LogP contribution < -0.4 is 0 Å². The van der Waals surface area contributed by atoms with E-state index in [0.29, 0.717) is 23.1 Å². The van der Waals surface area contributed by atoms with Crippen LogP contribution in [0.2, 0.25) is 10.0 Å². The van der Waals surface area contributed by atoms with Gasteiger partial charge < -0.3 is 0 Å². The molecule has 6 heteroatoms. The number of rotatable bonds is 8. The Bertz CT molecular complexity index is 1150. The van der Waals surface area contributed by atoms with Crippen molar-refractivity contribution >= 4 is 35.6 Å². The summed E-state index contributed by atoms with van der Waals surface area (Å²) in [4.78, 5) is 18.3. The van der Waals surface area contributed by atoms with E-state index in [0.717, 1.165) is 40.3 Å². The molecule has 0 aliphatic carbocycles. The molecule has 2 aromatic heterocycles. The second-order valence-corrected chi connectivity index (χ2v) is 8.21. The average molecular weight is 473 g/mol. The van der Waals surface area contributed by atoms with Gasteiger partial charge in [0.15, 0.2) is 0 Å². The highest BCUT2D eigenvalue weighted by atomic mass is 35.5. The van der Waals surface area contributed by atoms with Gasteiger partial charge in [0.1, 0.15) is 0 Å². The number of hydrogen-bond acceptors (Lipinski definition) is 4. The van der Waals surface area contributed by atoms with Crippen molar-refractivity contribution < 1.29 is 0 Å². The summed E-state index contributed by atoms with van der Waals surface area (Å²) in [7, 11) is 0. The first kappa shape index (κ1) is 22.8. The Labute approximate surface area is 203 Å². The van der Waals surface area contributed by atoms with Gasteiger partial charge in [-0.3, -0.25) is 9.98 Å². The summed E-state index contributed by atoms with van der Waals surface area (Å²) in [6.07, 6.45) is 4.46. The zero-order valence-corrected chi connectivity index (χ0v) is 19.4. The average Bonchev–Trinajstić information content (AvgIpc) is 2.85. The van der Waals surface area contributed by atoms with Crippen molar-refractivity contribution in [2.24, 2.45) is 9.98 Å². The van der Waals surface area contributed by atoms with Crippen LogP contribution in [0.1, 0.15) is 17.8 Å². The molecule has 4 rings (SSSR count). The quantitative estimate of drug-likeness (QED) is 0.204. The van der Waals surface area contributed by atoms with E-state index in [1.54, 1.807) is 12.4 Å². The van der Waals surface area contributed by atoms with E-state index in [2.05, 4.69) is 20.0 Å². The first-order chi connectivity index (χ1) is 16.2. The van der Waals surface area contributed by atoms with Gasteiger partial charge in [0.2, 0.25) is 0 Å². The van der Waals surface area contributed by atoms with Crippen molar-refractivity contribution in [2.75, 3.05) is 13.1 Å². The molecule has 2 aromatic carbocycles. The number of aromatic nitrogens is 2. The van der Waals surface area contributed by atoms with Gasteiger partial charge in [-0.2, -0.15) is 0 Å². The molecule has 0 aliphatic rings. The predicted octanol–water partition coefficient (Wildman–Crippen LogP) is 7.05. The Hall–Kier alpha value is -3.34. The van der Waals surface area contributed by atoms with Gasteiger partial charge in [-0.15, -0.1) is 0 Å². The number of aliphatic imine (C=N–C) groups is 2. The van der Waals surface area contributed by atoms with E-state index in [1.807, 2.05) is 84.9 Å². The van der Waals surface area contributed by atoms with E-state index >= 15 is 0 Å². The normalized spacial score (nSPS) is 11.5. The fourth-order valence-corrected chi connectivity index (χ4v) is 3.43. The summed E-state index contributed by atoms with van der Waals surface area (Å²) >= 11 is 11.9. The zero-order chi connectivity index (χ0) is 22.9. The molecule has 0 amide bonds. The van der Waals surface area contributed by atoms with Crippen LogP contribution in [0, 0.1) is 0 Å². The molecule has 0 atom stereocenters. The molecular weight excluding hydrogens is 451 g/mol. The van der Waals surface area contributed by atoms with Gasteiger partial charge in [-0.05, 0) is 55.0 Å². The molecular formula is C27H22Cl2N4. The Morgan fingerprint density at radius 3 is 1.42 bits per heavy atom. The Morgan fingerprint density at radius 2 is 1.00 bits per heavy atom. The number of pyridine rings is 2. The Kier molecular flexibility index (Phi) is 7.96. The van der Waals surface area contributed by atoms with Crippen LogP contribution >= 0.6 is 23.2 Å². The van der Waals surface area contributed by atoms with Crippen molar-refractivity contribution in [1.82, 2.24) is 9.97 Å². The second kappa shape index (κ2) is 11.5. The maximum absolute atomic E-state index is 5.96. The van der Waals surface area contributed by atoms with Gasteiger partial charge in [-0.25, -0.2) is 9.97 Å². The third-order valence-corrected chi connectivity index (χ3v) is 5.35. The van der Waals surface area contributed by atoms with Gasteiger partial charge in [0.05, 0.1) is 22.8 Å². The van der Waals surface area contributed by atoms with Gasteiger partial charge in [0.25, 0.3) is 0 Å². The first-order valence-corrected chi connectivity index (χ1v) is 11.4. The minimum atomic E-state index is 0.683. The largest absolute Gasteiger partial charge is 0.291 e. The van der Waals surface area contributed by atoms with E-state index in [9.17, 15) is 0 Å². The van der Waals surface area contributed by atoms with Crippen LogP contribution in [0.5, 0.6) is 0 Å². The van der Waals surface area contributed by atoms with Crippen LogP contribution in [-0.4, -0.2) is 35.5 Å². The minimum Gasteiger partial charge on any atom is -0.291 e. The van der Waals surface area contributed by atoms with E-state index in [1.165, 1.54) is 0 Å². The molecule has 0 saturated heterocycles. The van der Waals surface area contributed by atoms with E-state index in [4.69, 9.17) is 23.2 Å². The fraction of sp³-hybridized carbons (Fsp3) is 0.111. The summed E-state index contributed by atoms with van der Waals surface area (Å²) in [5, 5.41) is 1.42. The van der Waals surface area contributed by atoms with Crippen molar-refractivity contribution in [1.29, 1.82) is 0 Å². The number of benzene rings is 2. The van der Waals surface area contributed by atoms with Crippen LogP contribution in [0.3, 0.4) is 0 Å². The molecule has 0 fully saturated rings. The topological polar surface area (TPSA) is 50.5 Å². The van der Waals surface area contributed by atoms with Gasteiger partial charge in [0, 0.05) is 46.7 Å². The molecule has 0 radical (unpaired) electrons. The number of hydrogen-bond donors (Lipinski definition) is 0. The first-order valence-electron chi connectivity index (χ1n) is 10.6. The van der Waals surface area contributed by atoms with Crippen LogP contribution in [0.25, 0.3) is 22.5 Å². The maximum atomic E-state index is 5.96. The van der Waals surface area contributed by atoms with Gasteiger partial charge >= 0.3 is 0 Å². The lowest BCUT2D eigenvalue weighted by molar-refractivity contribution is 0.850. The molecule has 4 nitrogen and oxygen atoms in total. The zero-order valence-electron chi connectivity index (χ0n) is 17.9. The monoisotopic (exact) mass is 472 g/mol. The molecule has 0 spiro atoms. The predicted molar refractivity (Wildman–Crippen MR) is 139 cm³/mol. The van der Waals surface area contributed by atoms with Crippen molar-refractivity contribution in [3.05, 3.63) is 106 Å². The van der Waals surface area contributed by atoms with Crippen molar-refractivity contribution in [3.8, 4) is 22.5 Å². The van der Waals surface area contributed by atoms with Crippen LogP contribution in [0.4, 0.5) is 0 Å². The summed E-state index contributed by atoms with van der Waals surface area (Å²) in [5.41, 5.74) is 5.50. The molecule has 2 heterocycles. The third kappa shape index (κ3) is 6.82. The SMILES string of the molecule is Clc1ccc(-c2cccc(C=NCCCN=Cc3cccc(-c4ccc(Cl)cc4)n3)n2)cc1. The molecule has 164 valence electrons. The van der Waals surface area contributed by atoms with Crippen molar-refractivity contribution in [3.63, 3.8) is 0 Å². The van der Waals surface area contributed by atoms with E-state index in [-0.39, 0.29) is 0 Å².